The number of morpholine rings is 1. The lowest BCUT2D eigenvalue weighted by Gasteiger charge is -2.36. The summed E-state index contributed by atoms with van der Waals surface area (Å²) in [5.41, 5.74) is 1.88. The third-order valence-electron chi connectivity index (χ3n) is 4.44. The highest BCUT2D eigenvalue weighted by Crippen LogP contribution is 2.22. The lowest BCUT2D eigenvalue weighted by molar-refractivity contribution is -0.968. The Hall–Kier alpha value is -1.14. The predicted molar refractivity (Wildman–Crippen MR) is 92.1 cm³/mol. The quantitative estimate of drug-likeness (QED) is 0.673. The summed E-state index contributed by atoms with van der Waals surface area (Å²) < 4.78 is 5.42. The summed E-state index contributed by atoms with van der Waals surface area (Å²) in [6, 6.07) is 5.64. The van der Waals surface area contributed by atoms with Crippen LogP contribution in [0.15, 0.2) is 18.2 Å². The Balaban J connectivity index is 1.77. The molecule has 0 saturated carbocycles. The fourth-order valence-corrected chi connectivity index (χ4v) is 3.21. The molecule has 23 heavy (non-hydrogen) atoms. The normalized spacial score (nSPS) is 16.3. The van der Waals surface area contributed by atoms with Gasteiger partial charge in [-0.2, -0.15) is 0 Å². The van der Waals surface area contributed by atoms with Crippen molar-refractivity contribution in [3.8, 4) is 0 Å². The van der Waals surface area contributed by atoms with Crippen LogP contribution in [0.1, 0.15) is 19.4 Å². The van der Waals surface area contributed by atoms with Gasteiger partial charge in [-0.1, -0.05) is 17.7 Å². The first-order chi connectivity index (χ1) is 10.9. The van der Waals surface area contributed by atoms with Crippen molar-refractivity contribution in [1.82, 2.24) is 0 Å². The van der Waals surface area contributed by atoms with Crippen LogP contribution in [0.2, 0.25) is 5.02 Å². The highest BCUT2D eigenvalue weighted by molar-refractivity contribution is 6.33. The van der Waals surface area contributed by atoms with E-state index < -0.39 is 0 Å². The Morgan fingerprint density at radius 1 is 1.39 bits per heavy atom. The predicted octanol–water partition coefficient (Wildman–Crippen LogP) is -0.156. The molecule has 1 aromatic rings. The summed E-state index contributed by atoms with van der Waals surface area (Å²) in [6.45, 7) is 11.5. The smallest absolute Gasteiger partial charge is 0.279 e. The lowest BCUT2D eigenvalue weighted by atomic mass is 10.0. The van der Waals surface area contributed by atoms with Crippen molar-refractivity contribution in [3.63, 3.8) is 0 Å². The molecule has 1 aliphatic heterocycles. The van der Waals surface area contributed by atoms with Crippen LogP contribution < -0.4 is 15.5 Å². The van der Waals surface area contributed by atoms with Gasteiger partial charge in [-0.15, -0.1) is 0 Å². The number of halogens is 1. The number of nitrogens with two attached hydrogens (primary N) is 1. The fourth-order valence-electron chi connectivity index (χ4n) is 2.93. The zero-order valence-electron chi connectivity index (χ0n) is 14.2. The van der Waals surface area contributed by atoms with E-state index in [4.69, 9.17) is 16.3 Å². The molecule has 4 N–H and O–H groups in total. The van der Waals surface area contributed by atoms with Crippen molar-refractivity contribution in [2.75, 3.05) is 44.7 Å². The number of carbonyl (C=O) groups is 1. The molecule has 1 heterocycles. The van der Waals surface area contributed by atoms with Gasteiger partial charge < -0.3 is 20.3 Å². The lowest BCUT2D eigenvalue weighted by Crippen LogP contribution is -3.23. The maximum atomic E-state index is 12.1. The average Bonchev–Trinajstić information content (AvgIpc) is 2.51. The molecule has 128 valence electrons. The van der Waals surface area contributed by atoms with Crippen molar-refractivity contribution in [2.45, 2.75) is 26.3 Å². The molecule has 0 aromatic heterocycles. The SMILES string of the molecule is Cc1ccc(NC(=O)C[NH2+]CC(C)(C)[NH+]2CCOCC2)c(Cl)c1. The van der Waals surface area contributed by atoms with Crippen molar-refractivity contribution < 1.29 is 19.7 Å². The zero-order chi connectivity index (χ0) is 16.9. The highest BCUT2D eigenvalue weighted by atomic mass is 35.5. The number of ether oxygens (including phenoxy) is 1. The van der Waals surface area contributed by atoms with Gasteiger partial charge in [-0.3, -0.25) is 4.79 Å². The molecule has 0 radical (unpaired) electrons. The van der Waals surface area contributed by atoms with Crippen LogP contribution in [0.4, 0.5) is 5.69 Å². The number of hydrogen-bond donors (Lipinski definition) is 3. The second kappa shape index (κ2) is 8.11. The number of benzene rings is 1. The van der Waals surface area contributed by atoms with Gasteiger partial charge in [0.2, 0.25) is 0 Å². The van der Waals surface area contributed by atoms with Crippen molar-refractivity contribution >= 4 is 23.2 Å². The van der Waals surface area contributed by atoms with E-state index in [-0.39, 0.29) is 11.4 Å². The molecule has 1 aliphatic rings. The van der Waals surface area contributed by atoms with Crippen molar-refractivity contribution in [2.24, 2.45) is 0 Å². The summed E-state index contributed by atoms with van der Waals surface area (Å²) >= 11 is 6.14. The largest absolute Gasteiger partial charge is 0.370 e. The molecule has 6 heteroatoms. The molecule has 0 bridgehead atoms. The van der Waals surface area contributed by atoms with E-state index in [1.807, 2.05) is 25.1 Å². The summed E-state index contributed by atoms with van der Waals surface area (Å²) in [5, 5.41) is 5.52. The van der Waals surface area contributed by atoms with E-state index in [9.17, 15) is 4.79 Å². The van der Waals surface area contributed by atoms with Crippen LogP contribution in [0, 0.1) is 6.92 Å². The first-order valence-corrected chi connectivity index (χ1v) is 8.57. The van der Waals surface area contributed by atoms with Gasteiger partial charge in [0.15, 0.2) is 6.54 Å². The van der Waals surface area contributed by atoms with E-state index in [0.29, 0.717) is 17.3 Å². The molecular weight excluding hydrogens is 314 g/mol. The van der Waals surface area contributed by atoms with Gasteiger partial charge >= 0.3 is 0 Å². The van der Waals surface area contributed by atoms with Gasteiger partial charge in [0.1, 0.15) is 25.2 Å². The molecule has 1 fully saturated rings. The number of quaternary nitrogens is 2. The fraction of sp³-hybridized carbons (Fsp3) is 0.588. The van der Waals surface area contributed by atoms with Crippen molar-refractivity contribution in [1.29, 1.82) is 0 Å². The molecule has 0 spiro atoms. The van der Waals surface area contributed by atoms with Gasteiger partial charge in [0.25, 0.3) is 5.91 Å². The average molecular weight is 342 g/mol. The van der Waals surface area contributed by atoms with Crippen LogP contribution in [-0.2, 0) is 9.53 Å². The van der Waals surface area contributed by atoms with Gasteiger partial charge in [-0.05, 0) is 38.5 Å². The number of aryl methyl sites for hydroxylation is 1. The van der Waals surface area contributed by atoms with Crippen LogP contribution in [0.25, 0.3) is 0 Å². The van der Waals surface area contributed by atoms with Crippen molar-refractivity contribution in [3.05, 3.63) is 28.8 Å². The van der Waals surface area contributed by atoms with Crippen LogP contribution >= 0.6 is 11.6 Å². The number of carbonyl (C=O) groups excluding carboxylic acids is 1. The first kappa shape index (κ1) is 18.2. The van der Waals surface area contributed by atoms with Gasteiger partial charge in [0, 0.05) is 0 Å². The maximum absolute atomic E-state index is 12.1. The third-order valence-corrected chi connectivity index (χ3v) is 4.75. The number of anilines is 1. The van der Waals surface area contributed by atoms with E-state index in [1.165, 1.54) is 0 Å². The van der Waals surface area contributed by atoms with Crippen LogP contribution in [0.5, 0.6) is 0 Å². The highest BCUT2D eigenvalue weighted by Gasteiger charge is 2.34. The minimum Gasteiger partial charge on any atom is -0.370 e. The number of nitrogens with one attached hydrogen (secondary N) is 2. The molecule has 5 nitrogen and oxygen atoms in total. The summed E-state index contributed by atoms with van der Waals surface area (Å²) in [5.74, 6) is -0.0245. The Morgan fingerprint density at radius 2 is 2.09 bits per heavy atom. The topological polar surface area (TPSA) is 59.4 Å². The third kappa shape index (κ3) is 5.46. The van der Waals surface area contributed by atoms with Gasteiger partial charge in [0.05, 0.1) is 23.9 Å². The first-order valence-electron chi connectivity index (χ1n) is 8.19. The molecule has 2 rings (SSSR count). The Morgan fingerprint density at radius 3 is 2.74 bits per heavy atom. The number of rotatable bonds is 6. The Kier molecular flexibility index (Phi) is 6.41. The molecule has 1 amide bonds. The van der Waals surface area contributed by atoms with E-state index in [1.54, 1.807) is 4.90 Å². The molecule has 1 aromatic carbocycles. The maximum Gasteiger partial charge on any atom is 0.279 e. The number of amides is 1. The molecule has 0 atom stereocenters. The Bertz CT molecular complexity index is 543. The number of hydrogen-bond acceptors (Lipinski definition) is 2. The second-order valence-corrected chi connectivity index (χ2v) is 7.24. The zero-order valence-corrected chi connectivity index (χ0v) is 15.0. The van der Waals surface area contributed by atoms with E-state index in [2.05, 4.69) is 24.5 Å². The van der Waals surface area contributed by atoms with Crippen LogP contribution in [0.3, 0.4) is 0 Å². The second-order valence-electron chi connectivity index (χ2n) is 6.83. The molecule has 0 unspecified atom stereocenters. The van der Waals surface area contributed by atoms with E-state index in [0.717, 1.165) is 38.4 Å². The summed E-state index contributed by atoms with van der Waals surface area (Å²) in [4.78, 5) is 13.6. The van der Waals surface area contributed by atoms with Gasteiger partial charge in [-0.25, -0.2) is 0 Å². The summed E-state index contributed by atoms with van der Waals surface area (Å²) in [7, 11) is 0. The molecular formula is C17H28ClN3O2+2. The molecule has 1 saturated heterocycles. The summed E-state index contributed by atoms with van der Waals surface area (Å²) in [6.07, 6.45) is 0. The van der Waals surface area contributed by atoms with Crippen LogP contribution in [-0.4, -0.2) is 50.8 Å². The Labute approximate surface area is 143 Å². The minimum absolute atomic E-state index is 0.0245. The standard InChI is InChI=1S/C17H26ClN3O2/c1-13-4-5-15(14(18)10-13)20-16(22)11-19-12-17(2,3)21-6-8-23-9-7-21/h4-5,10,19H,6-9,11-12H2,1-3H3,(H,20,22)/p+2. The minimum atomic E-state index is -0.0245. The molecule has 0 aliphatic carbocycles. The monoisotopic (exact) mass is 341 g/mol. The van der Waals surface area contributed by atoms with E-state index >= 15 is 0 Å².